The first kappa shape index (κ1) is 12.4. The van der Waals surface area contributed by atoms with Crippen LogP contribution >= 0.6 is 0 Å². The van der Waals surface area contributed by atoms with Crippen LogP contribution in [0.15, 0.2) is 35.3 Å². The Hall–Kier alpha value is -2.06. The predicted octanol–water partition coefficient (Wildman–Crippen LogP) is 0.875. The molecule has 0 aromatic rings. The molecule has 1 aliphatic heterocycles. The van der Waals surface area contributed by atoms with Gasteiger partial charge in [0.1, 0.15) is 6.04 Å². The Bertz CT molecular complexity index is 489. The van der Waals surface area contributed by atoms with Crippen LogP contribution in [0.3, 0.4) is 0 Å². The summed E-state index contributed by atoms with van der Waals surface area (Å²) in [6, 6.07) is -0.754. The average molecular weight is 247 g/mol. The molecule has 1 aliphatic carbocycles. The third-order valence-corrected chi connectivity index (χ3v) is 2.53. The van der Waals surface area contributed by atoms with Crippen LogP contribution in [0.2, 0.25) is 0 Å². The van der Waals surface area contributed by atoms with Crippen LogP contribution in [0.4, 0.5) is 4.79 Å². The maximum Gasteiger partial charge on any atom is 0.408 e. The topological polar surface area (TPSA) is 64.6 Å². The lowest BCUT2D eigenvalue weighted by molar-refractivity contribution is -0.118. The number of rotatable bonds is 4. The number of hydrogen-bond acceptors (Lipinski definition) is 4. The molecule has 2 rings (SSSR count). The quantitative estimate of drug-likeness (QED) is 0.749. The SMILES string of the molecule is CC(=O)[C@H](NC(=O)OC1COC1)C1=C=C=CC=C1. The van der Waals surface area contributed by atoms with Gasteiger partial charge in [0.25, 0.3) is 0 Å². The Kier molecular flexibility index (Phi) is 3.80. The largest absolute Gasteiger partial charge is 0.441 e. The minimum absolute atomic E-state index is 0.187. The van der Waals surface area contributed by atoms with Crippen molar-refractivity contribution < 1.29 is 19.1 Å². The van der Waals surface area contributed by atoms with Crippen LogP contribution in [-0.4, -0.2) is 37.2 Å². The molecule has 0 radical (unpaired) electrons. The van der Waals surface area contributed by atoms with Crippen molar-refractivity contribution in [1.82, 2.24) is 5.32 Å². The van der Waals surface area contributed by atoms with Gasteiger partial charge in [0.05, 0.1) is 13.2 Å². The Morgan fingerprint density at radius 1 is 1.56 bits per heavy atom. The van der Waals surface area contributed by atoms with Gasteiger partial charge in [0.15, 0.2) is 11.9 Å². The highest BCUT2D eigenvalue weighted by molar-refractivity contribution is 5.89. The number of amides is 1. The summed E-state index contributed by atoms with van der Waals surface area (Å²) in [7, 11) is 0. The van der Waals surface area contributed by atoms with Crippen LogP contribution in [0.1, 0.15) is 6.92 Å². The van der Waals surface area contributed by atoms with Crippen molar-refractivity contribution in [3.8, 4) is 0 Å². The summed E-state index contributed by atoms with van der Waals surface area (Å²) in [5.74, 6) is -0.187. The molecular weight excluding hydrogens is 234 g/mol. The fourth-order valence-corrected chi connectivity index (χ4v) is 1.52. The molecule has 1 heterocycles. The van der Waals surface area contributed by atoms with Gasteiger partial charge in [-0.1, -0.05) is 17.5 Å². The molecule has 0 spiro atoms. The second-order valence-corrected chi connectivity index (χ2v) is 4.00. The fourth-order valence-electron chi connectivity index (χ4n) is 1.52. The second-order valence-electron chi connectivity index (χ2n) is 4.00. The summed E-state index contributed by atoms with van der Waals surface area (Å²) in [6.07, 6.45) is 4.26. The van der Waals surface area contributed by atoms with Crippen molar-refractivity contribution >= 4 is 11.9 Å². The Morgan fingerprint density at radius 3 is 2.83 bits per heavy atom. The normalized spacial score (nSPS) is 18.8. The molecule has 0 saturated carbocycles. The molecule has 1 fully saturated rings. The van der Waals surface area contributed by atoms with Crippen molar-refractivity contribution in [3.63, 3.8) is 0 Å². The van der Waals surface area contributed by atoms with Gasteiger partial charge in [-0.15, -0.1) is 0 Å². The van der Waals surface area contributed by atoms with Crippen LogP contribution in [0.5, 0.6) is 0 Å². The Morgan fingerprint density at radius 2 is 2.33 bits per heavy atom. The highest BCUT2D eigenvalue weighted by atomic mass is 16.6. The van der Waals surface area contributed by atoms with E-state index in [9.17, 15) is 9.59 Å². The number of alkyl carbamates (subject to hydrolysis) is 1. The summed E-state index contributed by atoms with van der Waals surface area (Å²) in [4.78, 5) is 23.1. The highest BCUT2D eigenvalue weighted by Crippen LogP contribution is 2.09. The molecule has 1 atom stereocenters. The lowest BCUT2D eigenvalue weighted by Gasteiger charge is -2.26. The number of Topliss-reactive ketones (excluding diaryl/α,β-unsaturated/α-hetero) is 1. The molecule has 0 aromatic carbocycles. The lowest BCUT2D eigenvalue weighted by atomic mass is 10.0. The van der Waals surface area contributed by atoms with Gasteiger partial charge in [-0.3, -0.25) is 4.79 Å². The smallest absolute Gasteiger partial charge is 0.408 e. The molecule has 1 amide bonds. The zero-order valence-corrected chi connectivity index (χ0v) is 9.93. The predicted molar refractivity (Wildman–Crippen MR) is 62.9 cm³/mol. The fraction of sp³-hybridized carbons (Fsp3) is 0.385. The van der Waals surface area contributed by atoms with E-state index < -0.39 is 12.1 Å². The zero-order valence-electron chi connectivity index (χ0n) is 9.93. The standard InChI is InChI=1S/C13H13NO4/c1-9(15)12(10-5-3-2-4-6-10)14-13(16)18-11-7-17-8-11/h2-3,5,11-12H,7-8H2,1H3,(H,14,16)/t12-/m0/s1. The van der Waals surface area contributed by atoms with Crippen LogP contribution in [0, 0.1) is 0 Å². The molecule has 1 N–H and O–H groups in total. The molecule has 0 aromatic heterocycles. The molecule has 1 saturated heterocycles. The van der Waals surface area contributed by atoms with Crippen molar-refractivity contribution in [2.24, 2.45) is 0 Å². The number of hydrogen-bond donors (Lipinski definition) is 1. The van der Waals surface area contributed by atoms with Crippen molar-refractivity contribution in [2.75, 3.05) is 13.2 Å². The molecule has 2 aliphatic rings. The zero-order chi connectivity index (χ0) is 13.0. The molecule has 0 unspecified atom stereocenters. The number of ketones is 1. The third-order valence-electron chi connectivity index (χ3n) is 2.53. The molecule has 94 valence electrons. The van der Waals surface area contributed by atoms with E-state index in [0.29, 0.717) is 18.8 Å². The molecule has 0 bridgehead atoms. The summed E-state index contributed by atoms with van der Waals surface area (Å²) >= 11 is 0. The molecule has 5 nitrogen and oxygen atoms in total. The summed E-state index contributed by atoms with van der Waals surface area (Å²) < 4.78 is 9.93. The summed E-state index contributed by atoms with van der Waals surface area (Å²) in [6.45, 7) is 2.21. The maximum absolute atomic E-state index is 11.6. The highest BCUT2D eigenvalue weighted by Gasteiger charge is 2.26. The van der Waals surface area contributed by atoms with E-state index in [1.807, 2.05) is 0 Å². The van der Waals surface area contributed by atoms with Gasteiger partial charge in [-0.2, -0.15) is 0 Å². The average Bonchev–Trinajstić information content (AvgIpc) is 2.31. The van der Waals surface area contributed by atoms with E-state index in [2.05, 4.69) is 16.8 Å². The van der Waals surface area contributed by atoms with Crippen molar-refractivity contribution in [3.05, 3.63) is 35.3 Å². The number of ether oxygens (including phenoxy) is 2. The van der Waals surface area contributed by atoms with Crippen molar-refractivity contribution in [1.29, 1.82) is 0 Å². The first-order chi connectivity index (χ1) is 8.66. The van der Waals surface area contributed by atoms with E-state index in [4.69, 9.17) is 9.47 Å². The number of carbonyl (C=O) groups is 2. The first-order valence-electron chi connectivity index (χ1n) is 5.60. The minimum Gasteiger partial charge on any atom is -0.441 e. The van der Waals surface area contributed by atoms with E-state index in [0.717, 1.165) is 0 Å². The van der Waals surface area contributed by atoms with Gasteiger partial charge in [0.2, 0.25) is 0 Å². The van der Waals surface area contributed by atoms with Gasteiger partial charge in [-0.05, 0) is 19.1 Å². The van der Waals surface area contributed by atoms with E-state index in [1.165, 1.54) is 6.92 Å². The Balaban J connectivity index is 2.00. The number of allylic oxidation sites excluding steroid dienone is 2. The number of carbonyl (C=O) groups excluding carboxylic acids is 2. The Labute approximate surface area is 104 Å². The second kappa shape index (κ2) is 5.52. The van der Waals surface area contributed by atoms with Gasteiger partial charge < -0.3 is 14.8 Å². The van der Waals surface area contributed by atoms with E-state index in [-0.39, 0.29) is 11.9 Å². The van der Waals surface area contributed by atoms with Gasteiger partial charge in [-0.25, -0.2) is 4.79 Å². The van der Waals surface area contributed by atoms with E-state index >= 15 is 0 Å². The monoisotopic (exact) mass is 247 g/mol. The molecule has 18 heavy (non-hydrogen) atoms. The summed E-state index contributed by atoms with van der Waals surface area (Å²) in [5.41, 5.74) is 6.10. The summed E-state index contributed by atoms with van der Waals surface area (Å²) in [5, 5.41) is 2.51. The van der Waals surface area contributed by atoms with E-state index in [1.54, 1.807) is 18.2 Å². The van der Waals surface area contributed by atoms with Crippen molar-refractivity contribution in [2.45, 2.75) is 19.1 Å². The maximum atomic E-state index is 11.6. The number of nitrogens with one attached hydrogen (secondary N) is 1. The third kappa shape index (κ3) is 2.99. The van der Waals surface area contributed by atoms with Gasteiger partial charge in [0, 0.05) is 5.57 Å². The van der Waals surface area contributed by atoms with Gasteiger partial charge >= 0.3 is 6.09 Å². The van der Waals surface area contributed by atoms with Crippen LogP contribution < -0.4 is 5.32 Å². The lowest BCUT2D eigenvalue weighted by Crippen LogP contribution is -2.46. The van der Waals surface area contributed by atoms with Crippen LogP contribution in [0.25, 0.3) is 0 Å². The molecular formula is C13H13NO4. The minimum atomic E-state index is -0.754. The first-order valence-corrected chi connectivity index (χ1v) is 5.60. The molecule has 5 heteroatoms. The van der Waals surface area contributed by atoms with Crippen LogP contribution in [-0.2, 0) is 14.3 Å².